The molecule has 0 radical (unpaired) electrons. The zero-order valence-corrected chi connectivity index (χ0v) is 19.5. The average Bonchev–Trinajstić information content (AvgIpc) is 3.52. The van der Waals surface area contributed by atoms with E-state index in [-0.39, 0.29) is 0 Å². The van der Waals surface area contributed by atoms with E-state index in [9.17, 15) is 0 Å². The van der Waals surface area contributed by atoms with Crippen LogP contribution in [0.1, 0.15) is 23.6 Å². The number of aromatic nitrogens is 2. The lowest BCUT2D eigenvalue weighted by molar-refractivity contribution is 0.620. The van der Waals surface area contributed by atoms with Crippen molar-refractivity contribution in [3.63, 3.8) is 0 Å². The van der Waals surface area contributed by atoms with Gasteiger partial charge in [0.05, 0.1) is 10.2 Å². The summed E-state index contributed by atoms with van der Waals surface area (Å²) < 4.78 is 7.10. The van der Waals surface area contributed by atoms with Crippen LogP contribution in [-0.2, 0) is 6.42 Å². The van der Waals surface area contributed by atoms with Gasteiger partial charge in [-0.3, -0.25) is 0 Å². The van der Waals surface area contributed by atoms with Gasteiger partial charge in [-0.15, -0.1) is 11.3 Å². The zero-order chi connectivity index (χ0) is 22.9. The van der Waals surface area contributed by atoms with Crippen molar-refractivity contribution in [2.24, 2.45) is 0 Å². The van der Waals surface area contributed by atoms with E-state index in [1.807, 2.05) is 36.4 Å². The standard InChI is InChI=1S/C30H22N2OS/c1-2-20-13-18-28-26(19-20)32-30(34-28)24-16-11-22(12-17-24)8-7-21-9-14-23(15-10-21)29-31-25-5-3-4-6-27(25)33-29/h3-19H,2H2,1H3. The molecule has 0 aliphatic rings. The van der Waals surface area contributed by atoms with E-state index in [4.69, 9.17) is 9.40 Å². The van der Waals surface area contributed by atoms with Crippen LogP contribution in [0.15, 0.2) is 95.4 Å². The molecule has 0 aliphatic carbocycles. The molecule has 6 aromatic rings. The summed E-state index contributed by atoms with van der Waals surface area (Å²) >= 11 is 1.74. The lowest BCUT2D eigenvalue weighted by atomic mass is 10.1. The van der Waals surface area contributed by atoms with E-state index in [1.165, 1.54) is 10.3 Å². The highest BCUT2D eigenvalue weighted by atomic mass is 32.1. The van der Waals surface area contributed by atoms with Crippen molar-refractivity contribution in [2.45, 2.75) is 13.3 Å². The number of para-hydroxylation sites is 2. The van der Waals surface area contributed by atoms with Crippen LogP contribution < -0.4 is 0 Å². The number of nitrogens with zero attached hydrogens (tertiary/aromatic N) is 2. The Morgan fingerprint density at radius 3 is 2.15 bits per heavy atom. The highest BCUT2D eigenvalue weighted by molar-refractivity contribution is 7.21. The quantitative estimate of drug-likeness (QED) is 0.243. The highest BCUT2D eigenvalue weighted by Crippen LogP contribution is 2.31. The van der Waals surface area contributed by atoms with E-state index in [0.29, 0.717) is 5.89 Å². The van der Waals surface area contributed by atoms with Gasteiger partial charge in [0.1, 0.15) is 10.5 Å². The minimum atomic E-state index is 0.646. The predicted molar refractivity (Wildman–Crippen MR) is 143 cm³/mol. The smallest absolute Gasteiger partial charge is 0.227 e. The fourth-order valence-electron chi connectivity index (χ4n) is 3.98. The molecule has 0 N–H and O–H groups in total. The molecule has 34 heavy (non-hydrogen) atoms. The SMILES string of the molecule is CCc1ccc2sc(-c3ccc(C=Cc4ccc(-c5nc6ccccc6o5)cc4)cc3)nc2c1. The van der Waals surface area contributed by atoms with Gasteiger partial charge in [0.25, 0.3) is 0 Å². The van der Waals surface area contributed by atoms with E-state index in [2.05, 4.69) is 78.7 Å². The maximum atomic E-state index is 5.87. The van der Waals surface area contributed by atoms with E-state index in [1.54, 1.807) is 11.3 Å². The molecule has 0 amide bonds. The Morgan fingerprint density at radius 2 is 1.44 bits per heavy atom. The van der Waals surface area contributed by atoms with Crippen LogP contribution in [0.25, 0.3) is 55.5 Å². The molecule has 0 fully saturated rings. The number of rotatable bonds is 5. The van der Waals surface area contributed by atoms with Crippen molar-refractivity contribution in [2.75, 3.05) is 0 Å². The Labute approximate surface area is 202 Å². The molecule has 0 unspecified atom stereocenters. The van der Waals surface area contributed by atoms with E-state index in [0.717, 1.165) is 50.3 Å². The lowest BCUT2D eigenvalue weighted by Crippen LogP contribution is -1.80. The second-order valence-electron chi connectivity index (χ2n) is 8.24. The molecule has 3 nitrogen and oxygen atoms in total. The van der Waals surface area contributed by atoms with Crippen LogP contribution >= 0.6 is 11.3 Å². The van der Waals surface area contributed by atoms with Crippen molar-refractivity contribution >= 4 is 44.8 Å². The lowest BCUT2D eigenvalue weighted by Gasteiger charge is -1.99. The molecule has 0 aliphatic heterocycles. The third-order valence-corrected chi connectivity index (χ3v) is 7.02. The summed E-state index contributed by atoms with van der Waals surface area (Å²) in [6.07, 6.45) is 5.28. The topological polar surface area (TPSA) is 38.9 Å². The molecule has 2 aromatic heterocycles. The number of benzene rings is 4. The minimum absolute atomic E-state index is 0.646. The van der Waals surface area contributed by atoms with Gasteiger partial charge >= 0.3 is 0 Å². The van der Waals surface area contributed by atoms with Crippen molar-refractivity contribution < 1.29 is 4.42 Å². The molecule has 164 valence electrons. The Balaban J connectivity index is 1.18. The normalized spacial score (nSPS) is 11.7. The maximum Gasteiger partial charge on any atom is 0.227 e. The second kappa shape index (κ2) is 8.73. The van der Waals surface area contributed by atoms with E-state index < -0.39 is 0 Å². The molecule has 0 bridgehead atoms. The first kappa shape index (κ1) is 20.6. The molecular weight excluding hydrogens is 436 g/mol. The summed E-state index contributed by atoms with van der Waals surface area (Å²) in [4.78, 5) is 9.42. The summed E-state index contributed by atoms with van der Waals surface area (Å²) in [5.41, 5.74) is 8.50. The summed E-state index contributed by atoms with van der Waals surface area (Å²) in [5.74, 6) is 0.646. The summed E-state index contributed by atoms with van der Waals surface area (Å²) in [6.45, 7) is 2.17. The summed E-state index contributed by atoms with van der Waals surface area (Å²) in [7, 11) is 0. The first-order chi connectivity index (χ1) is 16.7. The monoisotopic (exact) mass is 458 g/mol. The largest absolute Gasteiger partial charge is 0.436 e. The van der Waals surface area contributed by atoms with Gasteiger partial charge in [-0.2, -0.15) is 0 Å². The Morgan fingerprint density at radius 1 is 0.735 bits per heavy atom. The molecule has 0 spiro atoms. The van der Waals surface area contributed by atoms with Gasteiger partial charge in [-0.1, -0.05) is 73.7 Å². The predicted octanol–water partition coefficient (Wildman–Crippen LogP) is 8.50. The number of aryl methyl sites for hydroxylation is 1. The van der Waals surface area contributed by atoms with Gasteiger partial charge in [0.2, 0.25) is 5.89 Å². The van der Waals surface area contributed by atoms with Crippen LogP contribution in [0.4, 0.5) is 0 Å². The van der Waals surface area contributed by atoms with Gasteiger partial charge in [0.15, 0.2) is 5.58 Å². The third kappa shape index (κ3) is 4.04. The Bertz CT molecular complexity index is 1590. The number of oxazole rings is 1. The van der Waals surface area contributed by atoms with Crippen molar-refractivity contribution in [3.05, 3.63) is 108 Å². The van der Waals surface area contributed by atoms with Crippen molar-refractivity contribution in [3.8, 4) is 22.0 Å². The molecule has 6 rings (SSSR count). The molecule has 0 atom stereocenters. The number of fused-ring (bicyclic) bond motifs is 2. The van der Waals surface area contributed by atoms with E-state index >= 15 is 0 Å². The number of hydrogen-bond donors (Lipinski definition) is 0. The van der Waals surface area contributed by atoms with Gasteiger partial charge < -0.3 is 4.42 Å². The van der Waals surface area contributed by atoms with Crippen LogP contribution in [0.5, 0.6) is 0 Å². The first-order valence-corrected chi connectivity index (χ1v) is 12.2. The first-order valence-electron chi connectivity index (χ1n) is 11.4. The maximum absolute atomic E-state index is 5.87. The number of hydrogen-bond acceptors (Lipinski definition) is 4. The van der Waals surface area contributed by atoms with Crippen molar-refractivity contribution in [1.29, 1.82) is 0 Å². The van der Waals surface area contributed by atoms with Crippen molar-refractivity contribution in [1.82, 2.24) is 9.97 Å². The summed E-state index contributed by atoms with van der Waals surface area (Å²) in [6, 6.07) is 31.2. The minimum Gasteiger partial charge on any atom is -0.436 e. The van der Waals surface area contributed by atoms with Crippen LogP contribution in [0.2, 0.25) is 0 Å². The zero-order valence-electron chi connectivity index (χ0n) is 18.7. The fourth-order valence-corrected chi connectivity index (χ4v) is 4.93. The van der Waals surface area contributed by atoms with Crippen LogP contribution in [0, 0.1) is 0 Å². The molecule has 4 aromatic carbocycles. The fraction of sp³-hybridized carbons (Fsp3) is 0.0667. The molecule has 0 saturated heterocycles. The highest BCUT2D eigenvalue weighted by Gasteiger charge is 2.08. The van der Waals surface area contributed by atoms with Gasteiger partial charge in [-0.25, -0.2) is 9.97 Å². The molecule has 0 saturated carbocycles. The number of thiazole rings is 1. The Hall–Kier alpha value is -4.02. The van der Waals surface area contributed by atoms with Crippen LogP contribution in [0.3, 0.4) is 0 Å². The molecular formula is C30H22N2OS. The van der Waals surface area contributed by atoms with Gasteiger partial charge in [-0.05, 0) is 59.5 Å². The molecule has 4 heteroatoms. The second-order valence-corrected chi connectivity index (χ2v) is 9.27. The Kier molecular flexibility index (Phi) is 5.28. The third-order valence-electron chi connectivity index (χ3n) is 5.94. The van der Waals surface area contributed by atoms with Gasteiger partial charge in [0, 0.05) is 11.1 Å². The summed E-state index contributed by atoms with van der Waals surface area (Å²) in [5, 5.41) is 1.06. The molecule has 2 heterocycles. The average molecular weight is 459 g/mol. The van der Waals surface area contributed by atoms with Crippen LogP contribution in [-0.4, -0.2) is 9.97 Å².